The van der Waals surface area contributed by atoms with Crippen LogP contribution >= 0.6 is 0 Å². The maximum absolute atomic E-state index is 13.0. The van der Waals surface area contributed by atoms with Gasteiger partial charge in [-0.1, -0.05) is 48.0 Å². The van der Waals surface area contributed by atoms with E-state index in [9.17, 15) is 9.59 Å². The summed E-state index contributed by atoms with van der Waals surface area (Å²) >= 11 is 0. The molecule has 0 bridgehead atoms. The van der Waals surface area contributed by atoms with Gasteiger partial charge >= 0.3 is 0 Å². The van der Waals surface area contributed by atoms with Gasteiger partial charge in [0.25, 0.3) is 5.91 Å². The van der Waals surface area contributed by atoms with Crippen molar-refractivity contribution in [2.75, 3.05) is 18.0 Å². The van der Waals surface area contributed by atoms with Gasteiger partial charge in [-0.05, 0) is 62.6 Å². The summed E-state index contributed by atoms with van der Waals surface area (Å²) in [4.78, 5) is 28.3. The van der Waals surface area contributed by atoms with Gasteiger partial charge in [-0.15, -0.1) is 0 Å². The first-order valence-electron chi connectivity index (χ1n) is 10.9. The van der Waals surface area contributed by atoms with Crippen LogP contribution in [0.5, 0.6) is 0 Å². The fraction of sp³-hybridized carbons (Fsp3) is 0.440. The number of carbonyl (C=O) groups is 2. The Labute approximate surface area is 173 Å². The van der Waals surface area contributed by atoms with Crippen LogP contribution in [0.15, 0.2) is 54.6 Å². The lowest BCUT2D eigenvalue weighted by molar-refractivity contribution is -0.920. The minimum Gasteiger partial charge on any atom is -0.324 e. The van der Waals surface area contributed by atoms with Gasteiger partial charge in [-0.25, -0.2) is 4.90 Å². The molecule has 2 fully saturated rings. The summed E-state index contributed by atoms with van der Waals surface area (Å²) in [6.07, 6.45) is 6.30. The highest BCUT2D eigenvalue weighted by Crippen LogP contribution is 2.24. The van der Waals surface area contributed by atoms with Gasteiger partial charge in [0.15, 0.2) is 6.04 Å². The fourth-order valence-corrected chi connectivity index (χ4v) is 4.84. The number of benzene rings is 2. The summed E-state index contributed by atoms with van der Waals surface area (Å²) in [7, 11) is 0. The number of aryl methyl sites for hydroxylation is 2. The number of nitrogens with one attached hydrogen (secondary N) is 1. The molecule has 4 heteroatoms. The summed E-state index contributed by atoms with van der Waals surface area (Å²) in [6.45, 7) is 4.01. The zero-order chi connectivity index (χ0) is 20.2. The molecule has 4 nitrogen and oxygen atoms in total. The Balaban J connectivity index is 1.28. The molecular weight excluding hydrogens is 360 g/mol. The van der Waals surface area contributed by atoms with Gasteiger partial charge in [0, 0.05) is 0 Å². The van der Waals surface area contributed by atoms with Crippen LogP contribution in [-0.4, -0.2) is 30.9 Å². The zero-order valence-corrected chi connectivity index (χ0v) is 17.3. The van der Waals surface area contributed by atoms with E-state index in [4.69, 9.17) is 0 Å². The summed E-state index contributed by atoms with van der Waals surface area (Å²) < 4.78 is 0. The largest absolute Gasteiger partial charge is 0.324 e. The highest BCUT2D eigenvalue weighted by molar-refractivity contribution is 6.21. The second-order valence-electron chi connectivity index (χ2n) is 8.64. The lowest BCUT2D eigenvalue weighted by atomic mass is 9.90. The van der Waals surface area contributed by atoms with Crippen LogP contribution in [0.1, 0.15) is 43.2 Å². The first-order valence-corrected chi connectivity index (χ1v) is 10.9. The number of hydrogen-bond donors (Lipinski definition) is 1. The molecule has 152 valence electrons. The van der Waals surface area contributed by atoms with Crippen molar-refractivity contribution in [2.24, 2.45) is 5.92 Å². The molecule has 1 N–H and O–H groups in total. The van der Waals surface area contributed by atoms with Crippen molar-refractivity contribution in [3.05, 3.63) is 65.7 Å². The van der Waals surface area contributed by atoms with Crippen LogP contribution in [-0.2, 0) is 16.0 Å². The maximum atomic E-state index is 13.0. The predicted molar refractivity (Wildman–Crippen MR) is 115 cm³/mol. The Kier molecular flexibility index (Phi) is 6.10. The average molecular weight is 392 g/mol. The number of carbonyl (C=O) groups excluding carboxylic acids is 2. The maximum Gasteiger partial charge on any atom is 0.292 e. The van der Waals surface area contributed by atoms with Gasteiger partial charge in [-0.2, -0.15) is 0 Å². The minimum absolute atomic E-state index is 0.0172. The molecule has 4 rings (SSSR count). The number of rotatable bonds is 6. The van der Waals surface area contributed by atoms with Crippen LogP contribution < -0.4 is 9.80 Å². The number of quaternary nitrogens is 1. The molecule has 0 aromatic heterocycles. The monoisotopic (exact) mass is 391 g/mol. The third-order valence-corrected chi connectivity index (χ3v) is 6.60. The molecule has 2 aliphatic rings. The van der Waals surface area contributed by atoms with Crippen molar-refractivity contribution in [1.82, 2.24) is 0 Å². The SMILES string of the molecule is Cc1ccc(N2C(=O)C[C@@H]([NH+]3CCC(CCCc4ccccc4)CC3)C2=O)cc1. The molecule has 0 radical (unpaired) electrons. The van der Waals surface area contributed by atoms with Crippen LogP contribution in [0.25, 0.3) is 0 Å². The number of likely N-dealkylation sites (tertiary alicyclic amines) is 1. The minimum atomic E-state index is -0.200. The van der Waals surface area contributed by atoms with E-state index in [1.54, 1.807) is 0 Å². The summed E-state index contributed by atoms with van der Waals surface area (Å²) in [5.74, 6) is 0.681. The van der Waals surface area contributed by atoms with E-state index in [-0.39, 0.29) is 17.9 Å². The molecule has 2 amide bonds. The van der Waals surface area contributed by atoms with Crippen molar-refractivity contribution in [2.45, 2.75) is 51.5 Å². The molecule has 2 aromatic carbocycles. The molecule has 0 aliphatic carbocycles. The Morgan fingerprint density at radius 2 is 1.66 bits per heavy atom. The Hall–Kier alpha value is -2.46. The van der Waals surface area contributed by atoms with Crippen molar-refractivity contribution in [3.63, 3.8) is 0 Å². The van der Waals surface area contributed by atoms with Crippen LogP contribution in [0, 0.1) is 12.8 Å². The van der Waals surface area contributed by atoms with Gasteiger partial charge in [0.1, 0.15) is 0 Å². The van der Waals surface area contributed by atoms with Crippen LogP contribution in [0.3, 0.4) is 0 Å². The van der Waals surface area contributed by atoms with Crippen molar-refractivity contribution < 1.29 is 14.5 Å². The molecule has 2 aromatic rings. The summed E-state index contributed by atoms with van der Waals surface area (Å²) in [5, 5.41) is 0. The summed E-state index contributed by atoms with van der Waals surface area (Å²) in [5.41, 5.74) is 3.26. The number of piperidine rings is 1. The molecular formula is C25H31N2O2+. The lowest BCUT2D eigenvalue weighted by Crippen LogP contribution is -3.17. The molecule has 29 heavy (non-hydrogen) atoms. The van der Waals surface area contributed by atoms with Crippen molar-refractivity contribution in [3.8, 4) is 0 Å². The highest BCUT2D eigenvalue weighted by Gasteiger charge is 2.46. The van der Waals surface area contributed by atoms with Gasteiger partial charge in [0.2, 0.25) is 5.91 Å². The number of amides is 2. The molecule has 2 heterocycles. The zero-order valence-electron chi connectivity index (χ0n) is 17.3. The second kappa shape index (κ2) is 8.91. The van der Waals surface area contributed by atoms with Crippen LogP contribution in [0.4, 0.5) is 5.69 Å². The lowest BCUT2D eigenvalue weighted by Gasteiger charge is -2.32. The molecule has 1 atom stereocenters. The van der Waals surface area contributed by atoms with E-state index in [2.05, 4.69) is 30.3 Å². The topological polar surface area (TPSA) is 41.8 Å². The number of imide groups is 1. The quantitative estimate of drug-likeness (QED) is 0.770. The number of nitrogens with zero attached hydrogens (tertiary/aromatic N) is 1. The first kappa shape index (κ1) is 19.8. The first-order chi connectivity index (χ1) is 14.1. The molecule has 0 unspecified atom stereocenters. The normalized spacial score (nSPS) is 24.9. The number of anilines is 1. The molecule has 0 saturated carbocycles. The van der Waals surface area contributed by atoms with Crippen molar-refractivity contribution >= 4 is 17.5 Å². The third kappa shape index (κ3) is 4.59. The Bertz CT molecular complexity index is 839. The second-order valence-corrected chi connectivity index (χ2v) is 8.64. The Morgan fingerprint density at radius 3 is 2.34 bits per heavy atom. The molecule has 0 spiro atoms. The fourth-order valence-electron chi connectivity index (χ4n) is 4.84. The average Bonchev–Trinajstić information content (AvgIpc) is 3.04. The summed E-state index contributed by atoms with van der Waals surface area (Å²) in [6, 6.07) is 18.2. The third-order valence-electron chi connectivity index (χ3n) is 6.60. The van der Waals surface area contributed by atoms with E-state index in [1.165, 1.54) is 28.2 Å². The van der Waals surface area contributed by atoms with Crippen molar-refractivity contribution in [1.29, 1.82) is 0 Å². The van der Waals surface area contributed by atoms with Gasteiger partial charge in [0.05, 0.1) is 25.2 Å². The van der Waals surface area contributed by atoms with E-state index in [1.807, 2.05) is 31.2 Å². The smallest absolute Gasteiger partial charge is 0.292 e. The standard InChI is InChI=1S/C25H30N2O2/c1-19-10-12-22(13-11-19)27-24(28)18-23(25(27)29)26-16-14-21(15-17-26)9-5-8-20-6-3-2-4-7-20/h2-4,6-7,10-13,21,23H,5,8-9,14-18H2,1H3/p+1/t23-/m1/s1. The highest BCUT2D eigenvalue weighted by atomic mass is 16.2. The van der Waals surface area contributed by atoms with E-state index < -0.39 is 0 Å². The molecule has 2 aliphatic heterocycles. The van der Waals surface area contributed by atoms with Crippen LogP contribution in [0.2, 0.25) is 0 Å². The number of hydrogen-bond acceptors (Lipinski definition) is 2. The Morgan fingerprint density at radius 1 is 0.966 bits per heavy atom. The van der Waals surface area contributed by atoms with E-state index in [0.29, 0.717) is 12.1 Å². The molecule has 2 saturated heterocycles. The van der Waals surface area contributed by atoms with E-state index in [0.717, 1.165) is 43.8 Å². The van der Waals surface area contributed by atoms with E-state index >= 15 is 0 Å². The van der Waals surface area contributed by atoms with Gasteiger partial charge in [-0.3, -0.25) is 9.59 Å². The predicted octanol–water partition coefficient (Wildman–Crippen LogP) is 2.94. The van der Waals surface area contributed by atoms with Gasteiger partial charge < -0.3 is 4.90 Å².